The molecule has 0 saturated heterocycles. The molecule has 88 valence electrons. The molecule has 5 heteroatoms. The number of rotatable bonds is 3. The minimum absolute atomic E-state index is 0.0554. The summed E-state index contributed by atoms with van der Waals surface area (Å²) in [7, 11) is 0. The minimum atomic E-state index is -0.103. The first-order valence-electron chi connectivity index (χ1n) is 5.66. The van der Waals surface area contributed by atoms with Crippen molar-refractivity contribution < 1.29 is 5.11 Å². The molecule has 0 fully saturated rings. The van der Waals surface area contributed by atoms with Crippen molar-refractivity contribution in [1.29, 1.82) is 0 Å². The topological polar surface area (TPSA) is 67.1 Å². The SMILES string of the molecule is CC(CO)Cn1nc2c(cc1=O)NCCC2. The van der Waals surface area contributed by atoms with Crippen molar-refractivity contribution >= 4 is 5.69 Å². The van der Waals surface area contributed by atoms with E-state index in [1.807, 2.05) is 6.92 Å². The van der Waals surface area contributed by atoms with E-state index in [1.54, 1.807) is 6.07 Å². The van der Waals surface area contributed by atoms with Crippen LogP contribution in [0.15, 0.2) is 10.9 Å². The van der Waals surface area contributed by atoms with Crippen LogP contribution in [-0.4, -0.2) is 28.0 Å². The molecule has 16 heavy (non-hydrogen) atoms. The highest BCUT2D eigenvalue weighted by molar-refractivity contribution is 5.48. The Morgan fingerprint density at radius 2 is 2.50 bits per heavy atom. The fourth-order valence-corrected chi connectivity index (χ4v) is 1.83. The molecule has 0 saturated carbocycles. The molecule has 0 radical (unpaired) electrons. The lowest BCUT2D eigenvalue weighted by atomic mass is 10.1. The second kappa shape index (κ2) is 4.65. The summed E-state index contributed by atoms with van der Waals surface area (Å²) >= 11 is 0. The molecular weight excluding hydrogens is 206 g/mol. The van der Waals surface area contributed by atoms with Crippen LogP contribution in [0.25, 0.3) is 0 Å². The minimum Gasteiger partial charge on any atom is -0.396 e. The van der Waals surface area contributed by atoms with E-state index in [1.165, 1.54) is 4.68 Å². The van der Waals surface area contributed by atoms with Crippen LogP contribution in [0, 0.1) is 5.92 Å². The number of hydrogen-bond acceptors (Lipinski definition) is 4. The molecule has 5 nitrogen and oxygen atoms in total. The molecule has 1 unspecified atom stereocenters. The molecule has 0 spiro atoms. The Hall–Kier alpha value is -1.36. The predicted octanol–water partition coefficient (Wildman–Crippen LogP) is 0.230. The van der Waals surface area contributed by atoms with Gasteiger partial charge in [-0.2, -0.15) is 5.10 Å². The molecule has 2 heterocycles. The van der Waals surface area contributed by atoms with E-state index >= 15 is 0 Å². The Labute approximate surface area is 94.1 Å². The predicted molar refractivity (Wildman–Crippen MR) is 61.6 cm³/mol. The zero-order valence-electron chi connectivity index (χ0n) is 9.44. The van der Waals surface area contributed by atoms with Crippen LogP contribution < -0.4 is 10.9 Å². The van der Waals surface area contributed by atoms with Gasteiger partial charge in [0.05, 0.1) is 11.4 Å². The van der Waals surface area contributed by atoms with E-state index in [2.05, 4.69) is 10.4 Å². The summed E-state index contributed by atoms with van der Waals surface area (Å²) in [4.78, 5) is 11.7. The third kappa shape index (κ3) is 2.24. The van der Waals surface area contributed by atoms with Crippen molar-refractivity contribution in [3.63, 3.8) is 0 Å². The number of aliphatic hydroxyl groups excluding tert-OH is 1. The molecule has 0 bridgehead atoms. The summed E-state index contributed by atoms with van der Waals surface area (Å²) in [6, 6.07) is 1.60. The van der Waals surface area contributed by atoms with E-state index in [-0.39, 0.29) is 18.1 Å². The van der Waals surface area contributed by atoms with Crippen molar-refractivity contribution in [2.75, 3.05) is 18.5 Å². The lowest BCUT2D eigenvalue weighted by Gasteiger charge is -2.18. The second-order valence-corrected chi connectivity index (χ2v) is 4.34. The van der Waals surface area contributed by atoms with Gasteiger partial charge in [-0.1, -0.05) is 6.92 Å². The Kier molecular flexibility index (Phi) is 3.24. The molecule has 1 aliphatic rings. The number of aliphatic hydroxyl groups is 1. The van der Waals surface area contributed by atoms with Gasteiger partial charge < -0.3 is 10.4 Å². The molecule has 1 aromatic heterocycles. The van der Waals surface area contributed by atoms with Gasteiger partial charge >= 0.3 is 0 Å². The summed E-state index contributed by atoms with van der Waals surface area (Å²) in [5, 5.41) is 16.5. The van der Waals surface area contributed by atoms with Crippen molar-refractivity contribution in [2.24, 2.45) is 5.92 Å². The molecule has 0 aromatic carbocycles. The number of fused-ring (bicyclic) bond motifs is 1. The Balaban J connectivity index is 2.29. The number of nitrogens with zero attached hydrogens (tertiary/aromatic N) is 2. The third-order valence-corrected chi connectivity index (χ3v) is 2.78. The zero-order valence-corrected chi connectivity index (χ0v) is 9.44. The molecule has 0 aliphatic carbocycles. The van der Waals surface area contributed by atoms with Gasteiger partial charge in [0.25, 0.3) is 5.56 Å². The molecule has 2 rings (SSSR count). The van der Waals surface area contributed by atoms with E-state index in [9.17, 15) is 4.79 Å². The van der Waals surface area contributed by atoms with Crippen molar-refractivity contribution in [3.8, 4) is 0 Å². The fourth-order valence-electron chi connectivity index (χ4n) is 1.83. The maximum absolute atomic E-state index is 11.7. The van der Waals surface area contributed by atoms with Crippen LogP contribution in [0.4, 0.5) is 5.69 Å². The van der Waals surface area contributed by atoms with E-state index in [0.29, 0.717) is 6.54 Å². The van der Waals surface area contributed by atoms with E-state index in [0.717, 1.165) is 30.8 Å². The van der Waals surface area contributed by atoms with Gasteiger partial charge in [0.15, 0.2) is 0 Å². The molecule has 0 amide bonds. The third-order valence-electron chi connectivity index (χ3n) is 2.78. The van der Waals surface area contributed by atoms with Gasteiger partial charge in [0.1, 0.15) is 0 Å². The Morgan fingerprint density at radius 1 is 1.69 bits per heavy atom. The van der Waals surface area contributed by atoms with Gasteiger partial charge in [-0.05, 0) is 18.8 Å². The number of anilines is 1. The number of aryl methyl sites for hydroxylation is 1. The van der Waals surface area contributed by atoms with Gasteiger partial charge in [-0.3, -0.25) is 4.79 Å². The van der Waals surface area contributed by atoms with Crippen molar-refractivity contribution in [2.45, 2.75) is 26.3 Å². The van der Waals surface area contributed by atoms with Crippen LogP contribution in [0.1, 0.15) is 19.0 Å². The van der Waals surface area contributed by atoms with Gasteiger partial charge in [-0.15, -0.1) is 0 Å². The Morgan fingerprint density at radius 3 is 3.25 bits per heavy atom. The normalized spacial score (nSPS) is 16.4. The molecule has 1 atom stereocenters. The average molecular weight is 223 g/mol. The smallest absolute Gasteiger partial charge is 0.268 e. The second-order valence-electron chi connectivity index (χ2n) is 4.34. The van der Waals surface area contributed by atoms with Crippen LogP contribution >= 0.6 is 0 Å². The van der Waals surface area contributed by atoms with Crippen LogP contribution in [0.2, 0.25) is 0 Å². The number of hydrogen-bond donors (Lipinski definition) is 2. The van der Waals surface area contributed by atoms with Gasteiger partial charge in [-0.25, -0.2) is 4.68 Å². The quantitative estimate of drug-likeness (QED) is 0.769. The maximum Gasteiger partial charge on any atom is 0.268 e. The summed E-state index contributed by atoms with van der Waals surface area (Å²) in [6.45, 7) is 3.35. The molecule has 1 aliphatic heterocycles. The first-order valence-corrected chi connectivity index (χ1v) is 5.66. The zero-order chi connectivity index (χ0) is 11.5. The lowest BCUT2D eigenvalue weighted by Crippen LogP contribution is -2.29. The summed E-state index contributed by atoms with van der Waals surface area (Å²) < 4.78 is 1.45. The number of aromatic nitrogens is 2. The van der Waals surface area contributed by atoms with Crippen LogP contribution in [-0.2, 0) is 13.0 Å². The largest absolute Gasteiger partial charge is 0.396 e. The standard InChI is InChI=1S/C11H17N3O2/c1-8(7-15)6-14-11(16)5-10-9(13-14)3-2-4-12-10/h5,8,12,15H,2-4,6-7H2,1H3. The maximum atomic E-state index is 11.7. The van der Waals surface area contributed by atoms with E-state index < -0.39 is 0 Å². The highest BCUT2D eigenvalue weighted by Gasteiger charge is 2.13. The van der Waals surface area contributed by atoms with Crippen molar-refractivity contribution in [3.05, 3.63) is 22.1 Å². The van der Waals surface area contributed by atoms with E-state index in [4.69, 9.17) is 5.11 Å². The first kappa shape index (κ1) is 11.1. The first-order chi connectivity index (χ1) is 7.70. The van der Waals surface area contributed by atoms with Gasteiger partial charge in [0, 0.05) is 25.8 Å². The van der Waals surface area contributed by atoms with Crippen LogP contribution in [0.5, 0.6) is 0 Å². The highest BCUT2D eigenvalue weighted by Crippen LogP contribution is 2.16. The monoisotopic (exact) mass is 223 g/mol. The van der Waals surface area contributed by atoms with Crippen LogP contribution in [0.3, 0.4) is 0 Å². The lowest BCUT2D eigenvalue weighted by molar-refractivity contribution is 0.217. The summed E-state index contributed by atoms with van der Waals surface area (Å²) in [5.74, 6) is 0.0554. The fraction of sp³-hybridized carbons (Fsp3) is 0.636. The summed E-state index contributed by atoms with van der Waals surface area (Å²) in [5.41, 5.74) is 1.72. The summed E-state index contributed by atoms with van der Waals surface area (Å²) in [6.07, 6.45) is 1.96. The molecular formula is C11H17N3O2. The number of nitrogens with one attached hydrogen (secondary N) is 1. The van der Waals surface area contributed by atoms with Crippen molar-refractivity contribution in [1.82, 2.24) is 9.78 Å². The Bertz CT molecular complexity index is 428. The average Bonchev–Trinajstić information content (AvgIpc) is 2.30. The molecule has 2 N–H and O–H groups in total. The molecule has 1 aromatic rings. The highest BCUT2D eigenvalue weighted by atomic mass is 16.3. The van der Waals surface area contributed by atoms with Gasteiger partial charge in [0.2, 0.25) is 0 Å².